The number of hydrogen-bond acceptors (Lipinski definition) is 3. The third-order valence-corrected chi connectivity index (χ3v) is 3.14. The number of rotatable bonds is 4. The molecule has 1 aromatic carbocycles. The predicted molar refractivity (Wildman–Crippen MR) is 74.4 cm³/mol. The van der Waals surface area contributed by atoms with E-state index >= 15 is 0 Å². The predicted octanol–water partition coefficient (Wildman–Crippen LogP) is 2.26. The highest BCUT2D eigenvalue weighted by Gasteiger charge is 2.19. The van der Waals surface area contributed by atoms with Crippen LogP contribution in [-0.4, -0.2) is 43.5 Å². The van der Waals surface area contributed by atoms with Gasteiger partial charge in [-0.1, -0.05) is 37.3 Å². The summed E-state index contributed by atoms with van der Waals surface area (Å²) >= 11 is 0. The lowest BCUT2D eigenvalue weighted by Gasteiger charge is -2.28. The molecule has 0 N–H and O–H groups in total. The van der Waals surface area contributed by atoms with Gasteiger partial charge in [0.2, 0.25) is 0 Å². The molecule has 1 atom stereocenters. The van der Waals surface area contributed by atoms with Crippen LogP contribution in [0, 0.1) is 5.92 Å². The van der Waals surface area contributed by atoms with Crippen molar-refractivity contribution in [3.8, 4) is 0 Å². The van der Waals surface area contributed by atoms with Crippen molar-refractivity contribution in [1.29, 1.82) is 0 Å². The summed E-state index contributed by atoms with van der Waals surface area (Å²) < 4.78 is 5.30. The molecule has 0 spiro atoms. The maximum Gasteiger partial charge on any atom is 0.166 e. The van der Waals surface area contributed by atoms with Gasteiger partial charge in [0, 0.05) is 31.1 Å². The second-order valence-corrected chi connectivity index (χ2v) is 4.54. The fourth-order valence-electron chi connectivity index (χ4n) is 2.14. The number of morpholine rings is 1. The van der Waals surface area contributed by atoms with Gasteiger partial charge in [0.15, 0.2) is 5.78 Å². The van der Waals surface area contributed by atoms with E-state index in [1.165, 1.54) is 0 Å². The Labute approximate surface area is 115 Å². The first kappa shape index (κ1) is 15.2. The molecule has 1 heterocycles. The molecular weight excluding hydrogens is 250 g/mol. The minimum absolute atomic E-state index is 0. The molecule has 0 radical (unpaired) electrons. The highest BCUT2D eigenvalue weighted by atomic mass is 35.5. The Kier molecular flexibility index (Phi) is 6.33. The van der Waals surface area contributed by atoms with Gasteiger partial charge in [0.05, 0.1) is 13.2 Å². The van der Waals surface area contributed by atoms with Crippen LogP contribution in [-0.2, 0) is 4.74 Å². The van der Waals surface area contributed by atoms with E-state index in [4.69, 9.17) is 4.74 Å². The Morgan fingerprint density at radius 3 is 2.50 bits per heavy atom. The summed E-state index contributed by atoms with van der Waals surface area (Å²) in [4.78, 5) is 14.5. The van der Waals surface area contributed by atoms with Crippen LogP contribution in [0.25, 0.3) is 0 Å². The summed E-state index contributed by atoms with van der Waals surface area (Å²) in [5.74, 6) is 0.285. The normalized spacial score (nSPS) is 17.8. The van der Waals surface area contributed by atoms with Crippen LogP contribution in [0.15, 0.2) is 30.3 Å². The van der Waals surface area contributed by atoms with Crippen molar-refractivity contribution in [1.82, 2.24) is 4.90 Å². The molecule has 0 aromatic heterocycles. The van der Waals surface area contributed by atoms with Gasteiger partial charge in [0.25, 0.3) is 0 Å². The number of carbonyl (C=O) groups is 1. The zero-order valence-corrected chi connectivity index (χ0v) is 11.5. The SMILES string of the molecule is CC(CN1CCOCC1)C(=O)c1ccccc1.Cl. The fourth-order valence-corrected chi connectivity index (χ4v) is 2.14. The van der Waals surface area contributed by atoms with Gasteiger partial charge in [-0.25, -0.2) is 0 Å². The summed E-state index contributed by atoms with van der Waals surface area (Å²) in [6, 6.07) is 9.53. The van der Waals surface area contributed by atoms with Crippen LogP contribution in [0.4, 0.5) is 0 Å². The van der Waals surface area contributed by atoms with Crippen molar-refractivity contribution < 1.29 is 9.53 Å². The van der Waals surface area contributed by atoms with Gasteiger partial charge in [-0.05, 0) is 0 Å². The molecule has 1 aromatic rings. The number of hydrogen-bond donors (Lipinski definition) is 0. The van der Waals surface area contributed by atoms with Crippen molar-refractivity contribution >= 4 is 18.2 Å². The van der Waals surface area contributed by atoms with Gasteiger partial charge in [-0.3, -0.25) is 9.69 Å². The van der Waals surface area contributed by atoms with Crippen LogP contribution in [0.1, 0.15) is 17.3 Å². The number of carbonyl (C=O) groups excluding carboxylic acids is 1. The molecule has 0 bridgehead atoms. The van der Waals surface area contributed by atoms with Crippen LogP contribution in [0.3, 0.4) is 0 Å². The molecule has 0 amide bonds. The summed E-state index contributed by atoms with van der Waals surface area (Å²) in [7, 11) is 0. The summed E-state index contributed by atoms with van der Waals surface area (Å²) in [6.07, 6.45) is 0. The van der Waals surface area contributed by atoms with Crippen molar-refractivity contribution in [3.05, 3.63) is 35.9 Å². The van der Waals surface area contributed by atoms with E-state index in [1.54, 1.807) is 0 Å². The monoisotopic (exact) mass is 269 g/mol. The highest BCUT2D eigenvalue weighted by molar-refractivity contribution is 5.97. The van der Waals surface area contributed by atoms with Crippen molar-refractivity contribution in [2.75, 3.05) is 32.8 Å². The van der Waals surface area contributed by atoms with Crippen LogP contribution < -0.4 is 0 Å². The number of nitrogens with zero attached hydrogens (tertiary/aromatic N) is 1. The van der Waals surface area contributed by atoms with Crippen molar-refractivity contribution in [2.45, 2.75) is 6.92 Å². The molecule has 18 heavy (non-hydrogen) atoms. The Morgan fingerprint density at radius 2 is 1.89 bits per heavy atom. The average Bonchev–Trinajstić information content (AvgIpc) is 2.40. The van der Waals surface area contributed by atoms with Gasteiger partial charge in [-0.15, -0.1) is 12.4 Å². The zero-order valence-electron chi connectivity index (χ0n) is 10.7. The third kappa shape index (κ3) is 4.09. The second-order valence-electron chi connectivity index (χ2n) is 4.54. The summed E-state index contributed by atoms with van der Waals surface area (Å²) in [5, 5.41) is 0. The Bertz CT molecular complexity index is 363. The molecule has 1 unspecified atom stereocenters. The van der Waals surface area contributed by atoms with E-state index in [-0.39, 0.29) is 24.1 Å². The first-order chi connectivity index (χ1) is 8.27. The first-order valence-corrected chi connectivity index (χ1v) is 6.17. The maximum absolute atomic E-state index is 12.2. The molecule has 1 fully saturated rings. The van der Waals surface area contributed by atoms with E-state index in [1.807, 2.05) is 37.3 Å². The number of benzene rings is 1. The van der Waals surface area contributed by atoms with E-state index in [0.717, 1.165) is 38.4 Å². The number of ketones is 1. The highest BCUT2D eigenvalue weighted by Crippen LogP contribution is 2.11. The molecule has 100 valence electrons. The lowest BCUT2D eigenvalue weighted by Crippen LogP contribution is -2.40. The molecular formula is C14H20ClNO2. The molecule has 1 aliphatic heterocycles. The smallest absolute Gasteiger partial charge is 0.166 e. The van der Waals surface area contributed by atoms with E-state index in [2.05, 4.69) is 4.90 Å². The maximum atomic E-state index is 12.2. The molecule has 1 aliphatic rings. The quantitative estimate of drug-likeness (QED) is 0.786. The van der Waals surface area contributed by atoms with Crippen LogP contribution in [0.5, 0.6) is 0 Å². The molecule has 1 saturated heterocycles. The zero-order chi connectivity index (χ0) is 12.1. The minimum Gasteiger partial charge on any atom is -0.379 e. The fraction of sp³-hybridized carbons (Fsp3) is 0.500. The topological polar surface area (TPSA) is 29.5 Å². The Balaban J connectivity index is 0.00000162. The first-order valence-electron chi connectivity index (χ1n) is 6.17. The lowest BCUT2D eigenvalue weighted by molar-refractivity contribution is 0.0313. The van der Waals surface area contributed by atoms with Gasteiger partial charge in [-0.2, -0.15) is 0 Å². The molecule has 4 heteroatoms. The van der Waals surface area contributed by atoms with Gasteiger partial charge in [0.1, 0.15) is 0 Å². The largest absolute Gasteiger partial charge is 0.379 e. The number of ether oxygens (including phenoxy) is 1. The van der Waals surface area contributed by atoms with Crippen molar-refractivity contribution in [3.63, 3.8) is 0 Å². The summed E-state index contributed by atoms with van der Waals surface area (Å²) in [6.45, 7) is 6.28. The van der Waals surface area contributed by atoms with Crippen molar-refractivity contribution in [2.24, 2.45) is 5.92 Å². The number of halogens is 1. The van der Waals surface area contributed by atoms with Crippen LogP contribution in [0.2, 0.25) is 0 Å². The molecule has 0 saturated carbocycles. The molecule has 2 rings (SSSR count). The van der Waals surface area contributed by atoms with E-state index in [9.17, 15) is 4.79 Å². The molecule has 0 aliphatic carbocycles. The molecule has 3 nitrogen and oxygen atoms in total. The van der Waals surface area contributed by atoms with Gasteiger partial charge >= 0.3 is 0 Å². The van der Waals surface area contributed by atoms with Crippen LogP contribution >= 0.6 is 12.4 Å². The lowest BCUT2D eigenvalue weighted by atomic mass is 9.99. The number of Topliss-reactive ketones (excluding diaryl/α,β-unsaturated/α-hetero) is 1. The van der Waals surface area contributed by atoms with E-state index in [0.29, 0.717) is 0 Å². The van der Waals surface area contributed by atoms with E-state index < -0.39 is 0 Å². The summed E-state index contributed by atoms with van der Waals surface area (Å²) in [5.41, 5.74) is 0.813. The minimum atomic E-state index is 0. The third-order valence-electron chi connectivity index (χ3n) is 3.14. The van der Waals surface area contributed by atoms with Gasteiger partial charge < -0.3 is 4.74 Å². The standard InChI is InChI=1S/C14H19NO2.ClH/c1-12(11-15-7-9-17-10-8-15)14(16)13-5-3-2-4-6-13;/h2-6,12H,7-11H2,1H3;1H. The Morgan fingerprint density at radius 1 is 1.28 bits per heavy atom. The second kappa shape index (κ2) is 7.52. The average molecular weight is 270 g/mol. The Hall–Kier alpha value is -0.900.